The molecular formula is C8H13N3O2. The van der Waals surface area contributed by atoms with Crippen LogP contribution in [-0.4, -0.2) is 24.0 Å². The highest BCUT2D eigenvalue weighted by Crippen LogP contribution is 2.04. The van der Waals surface area contributed by atoms with Crippen LogP contribution >= 0.6 is 0 Å². The lowest BCUT2D eigenvalue weighted by Gasteiger charge is -2.17. The second-order valence-electron chi connectivity index (χ2n) is 2.63. The molecule has 1 heterocycles. The summed E-state index contributed by atoms with van der Waals surface area (Å²) in [5, 5.41) is 0. The summed E-state index contributed by atoms with van der Waals surface area (Å²) in [6.07, 6.45) is 1.55. The maximum Gasteiger partial charge on any atom is 0.315 e. The van der Waals surface area contributed by atoms with Crippen molar-refractivity contribution < 1.29 is 9.21 Å². The van der Waals surface area contributed by atoms with Gasteiger partial charge >= 0.3 is 6.03 Å². The van der Waals surface area contributed by atoms with E-state index in [4.69, 9.17) is 15.9 Å². The number of hydrogen-bond donors (Lipinski definition) is 2. The van der Waals surface area contributed by atoms with Crippen LogP contribution in [0.25, 0.3) is 0 Å². The van der Waals surface area contributed by atoms with Gasteiger partial charge in [-0.15, -0.1) is 0 Å². The van der Waals surface area contributed by atoms with Gasteiger partial charge in [0.25, 0.3) is 0 Å². The Balaban J connectivity index is 2.52. The number of rotatable bonds is 4. The fourth-order valence-electron chi connectivity index (χ4n) is 1.01. The molecule has 13 heavy (non-hydrogen) atoms. The predicted octanol–water partition coefficient (Wildman–Crippen LogP) is 0.119. The lowest BCUT2D eigenvalue weighted by Crippen LogP contribution is -2.38. The molecule has 0 bridgehead atoms. The molecule has 1 aromatic heterocycles. The first-order valence-corrected chi connectivity index (χ1v) is 4.01. The zero-order valence-electron chi connectivity index (χ0n) is 7.27. The molecule has 4 N–H and O–H groups in total. The van der Waals surface area contributed by atoms with Crippen molar-refractivity contribution in [2.75, 3.05) is 13.1 Å². The summed E-state index contributed by atoms with van der Waals surface area (Å²) in [5.74, 6) is 0.701. The van der Waals surface area contributed by atoms with Crippen molar-refractivity contribution in [1.29, 1.82) is 0 Å². The summed E-state index contributed by atoms with van der Waals surface area (Å²) in [7, 11) is 0. The maximum absolute atomic E-state index is 10.9. The highest BCUT2D eigenvalue weighted by Gasteiger charge is 2.09. The van der Waals surface area contributed by atoms with Crippen LogP contribution in [0.4, 0.5) is 4.79 Å². The smallest absolute Gasteiger partial charge is 0.315 e. The average molecular weight is 183 g/mol. The maximum atomic E-state index is 10.9. The number of nitrogens with zero attached hydrogens (tertiary/aromatic N) is 1. The molecule has 5 heteroatoms. The highest BCUT2D eigenvalue weighted by molar-refractivity contribution is 5.71. The van der Waals surface area contributed by atoms with Crippen LogP contribution in [-0.2, 0) is 6.54 Å². The molecule has 0 aliphatic rings. The van der Waals surface area contributed by atoms with Gasteiger partial charge in [-0.05, 0) is 12.1 Å². The van der Waals surface area contributed by atoms with Gasteiger partial charge in [-0.25, -0.2) is 4.79 Å². The zero-order valence-corrected chi connectivity index (χ0v) is 7.27. The zero-order chi connectivity index (χ0) is 9.68. The molecule has 0 aliphatic carbocycles. The Kier molecular flexibility index (Phi) is 3.33. The summed E-state index contributed by atoms with van der Waals surface area (Å²) >= 11 is 0. The topological polar surface area (TPSA) is 85.5 Å². The van der Waals surface area contributed by atoms with E-state index in [0.717, 1.165) is 0 Å². The first-order valence-electron chi connectivity index (χ1n) is 4.01. The molecule has 0 radical (unpaired) electrons. The lowest BCUT2D eigenvalue weighted by molar-refractivity contribution is 0.202. The van der Waals surface area contributed by atoms with Crippen molar-refractivity contribution in [3.8, 4) is 0 Å². The van der Waals surface area contributed by atoms with E-state index in [-0.39, 0.29) is 0 Å². The van der Waals surface area contributed by atoms with Gasteiger partial charge in [0.15, 0.2) is 0 Å². The van der Waals surface area contributed by atoms with E-state index in [1.165, 1.54) is 4.90 Å². The van der Waals surface area contributed by atoms with Crippen molar-refractivity contribution in [3.63, 3.8) is 0 Å². The second kappa shape index (κ2) is 4.51. The minimum atomic E-state index is -0.484. The molecule has 0 aromatic carbocycles. The van der Waals surface area contributed by atoms with Crippen LogP contribution in [0, 0.1) is 0 Å². The van der Waals surface area contributed by atoms with Gasteiger partial charge < -0.3 is 20.8 Å². The summed E-state index contributed by atoms with van der Waals surface area (Å²) in [6.45, 7) is 1.21. The molecule has 0 fully saturated rings. The molecule has 5 nitrogen and oxygen atoms in total. The van der Waals surface area contributed by atoms with Crippen LogP contribution in [0.15, 0.2) is 22.8 Å². The Morgan fingerprint density at radius 1 is 1.62 bits per heavy atom. The van der Waals surface area contributed by atoms with Crippen LogP contribution in [0.3, 0.4) is 0 Å². The number of hydrogen-bond acceptors (Lipinski definition) is 3. The highest BCUT2D eigenvalue weighted by atomic mass is 16.3. The summed E-state index contributed by atoms with van der Waals surface area (Å²) in [6, 6.07) is 3.06. The Morgan fingerprint density at radius 2 is 2.38 bits per heavy atom. The second-order valence-corrected chi connectivity index (χ2v) is 2.63. The van der Waals surface area contributed by atoms with Gasteiger partial charge in [-0.1, -0.05) is 0 Å². The standard InChI is InChI=1S/C8H13N3O2/c9-3-4-11(8(10)12)6-7-2-1-5-13-7/h1-2,5H,3-4,6,9H2,(H2,10,12). The van der Waals surface area contributed by atoms with Crippen molar-refractivity contribution in [2.24, 2.45) is 11.5 Å². The van der Waals surface area contributed by atoms with Crippen LogP contribution < -0.4 is 11.5 Å². The first-order chi connectivity index (χ1) is 6.24. The quantitative estimate of drug-likeness (QED) is 0.695. The fraction of sp³-hybridized carbons (Fsp3) is 0.375. The van der Waals surface area contributed by atoms with Gasteiger partial charge in [0.05, 0.1) is 12.8 Å². The number of carbonyl (C=O) groups is 1. The third-order valence-electron chi connectivity index (χ3n) is 1.64. The van der Waals surface area contributed by atoms with E-state index in [0.29, 0.717) is 25.4 Å². The Bertz CT molecular complexity index is 258. The molecule has 0 unspecified atom stereocenters. The van der Waals surface area contributed by atoms with Crippen molar-refractivity contribution in [3.05, 3.63) is 24.2 Å². The predicted molar refractivity (Wildman–Crippen MR) is 47.8 cm³/mol. The SMILES string of the molecule is NCCN(Cc1ccco1)C(N)=O. The fourth-order valence-corrected chi connectivity index (χ4v) is 1.01. The Hall–Kier alpha value is -1.49. The van der Waals surface area contributed by atoms with Crippen molar-refractivity contribution >= 4 is 6.03 Å². The molecular weight excluding hydrogens is 170 g/mol. The molecule has 2 amide bonds. The van der Waals surface area contributed by atoms with Gasteiger partial charge in [-0.2, -0.15) is 0 Å². The lowest BCUT2D eigenvalue weighted by atomic mass is 10.4. The van der Waals surface area contributed by atoms with Crippen molar-refractivity contribution in [2.45, 2.75) is 6.54 Å². The average Bonchev–Trinajstić information content (AvgIpc) is 2.56. The minimum absolute atomic E-state index is 0.375. The van der Waals surface area contributed by atoms with Crippen LogP contribution in [0.2, 0.25) is 0 Å². The Labute approximate surface area is 76.3 Å². The number of carbonyl (C=O) groups excluding carboxylic acids is 1. The van der Waals surface area contributed by atoms with Crippen LogP contribution in [0.5, 0.6) is 0 Å². The largest absolute Gasteiger partial charge is 0.467 e. The molecule has 0 spiro atoms. The van der Waals surface area contributed by atoms with E-state index in [2.05, 4.69) is 0 Å². The van der Waals surface area contributed by atoms with Gasteiger partial charge in [0.1, 0.15) is 5.76 Å². The monoisotopic (exact) mass is 183 g/mol. The Morgan fingerprint density at radius 3 is 2.85 bits per heavy atom. The van der Waals surface area contributed by atoms with E-state index in [9.17, 15) is 4.79 Å². The van der Waals surface area contributed by atoms with Gasteiger partial charge in [0.2, 0.25) is 0 Å². The summed E-state index contributed by atoms with van der Waals surface area (Å²) in [5.41, 5.74) is 10.4. The van der Waals surface area contributed by atoms with E-state index in [1.54, 1.807) is 18.4 Å². The molecule has 0 atom stereocenters. The summed E-state index contributed by atoms with van der Waals surface area (Å²) < 4.78 is 5.07. The molecule has 0 saturated carbocycles. The van der Waals surface area contributed by atoms with E-state index < -0.39 is 6.03 Å². The molecule has 1 aromatic rings. The summed E-state index contributed by atoms with van der Waals surface area (Å²) in [4.78, 5) is 12.3. The first kappa shape index (κ1) is 9.60. The minimum Gasteiger partial charge on any atom is -0.467 e. The van der Waals surface area contributed by atoms with E-state index >= 15 is 0 Å². The normalized spacial score (nSPS) is 9.92. The van der Waals surface area contributed by atoms with Crippen LogP contribution in [0.1, 0.15) is 5.76 Å². The number of nitrogens with two attached hydrogens (primary N) is 2. The number of urea groups is 1. The molecule has 0 saturated heterocycles. The molecule has 1 rings (SSSR count). The van der Waals surface area contributed by atoms with Gasteiger partial charge in [0, 0.05) is 13.1 Å². The van der Waals surface area contributed by atoms with Gasteiger partial charge in [-0.3, -0.25) is 0 Å². The van der Waals surface area contributed by atoms with Crippen molar-refractivity contribution in [1.82, 2.24) is 4.90 Å². The third kappa shape index (κ3) is 2.79. The number of furan rings is 1. The number of primary amides is 1. The molecule has 72 valence electrons. The molecule has 0 aliphatic heterocycles. The van der Waals surface area contributed by atoms with E-state index in [1.807, 2.05) is 0 Å². The number of amides is 2. The third-order valence-corrected chi connectivity index (χ3v) is 1.64.